The largest absolute Gasteiger partial charge is 0.393 e. The predicted octanol–water partition coefficient (Wildman–Crippen LogP) is 6.18. The number of aromatic nitrogens is 1. The first kappa shape index (κ1) is 26.1. The zero-order valence-electron chi connectivity index (χ0n) is 22.1. The summed E-state index contributed by atoms with van der Waals surface area (Å²) in [5.74, 6) is 1.60. The van der Waals surface area contributed by atoms with Crippen LogP contribution in [0.1, 0.15) is 82.3 Å². The lowest BCUT2D eigenvalue weighted by atomic mass is 9.61. The van der Waals surface area contributed by atoms with Gasteiger partial charge < -0.3 is 15.3 Å². The van der Waals surface area contributed by atoms with Gasteiger partial charge in [-0.05, 0) is 92.6 Å². The standard InChI is InChI=1S/C31H43NO3S/c1-19(7-12-28(35)31(14-15-31)29-32-20(2)18-36-29)25-10-11-26-22(6-5-13-30(25,26)4)8-9-23-16-24(33)17-27(34)21(23)3/h7-9,12,18-19,24-28,33-35H,3,5-6,10-11,13-17H2,1-2,4H3/b12-7+,22-8+,23-9-/t19-,24+,25+,26-,27-,28+,30+/m0/s1. The van der Waals surface area contributed by atoms with Crippen LogP contribution in [0.4, 0.5) is 0 Å². The molecule has 36 heavy (non-hydrogen) atoms. The van der Waals surface area contributed by atoms with Crippen LogP contribution < -0.4 is 0 Å². The molecule has 0 unspecified atom stereocenters. The first-order valence-corrected chi connectivity index (χ1v) is 14.8. The Hall–Kier alpha value is -1.53. The number of fused-ring (bicyclic) bond motifs is 1. The van der Waals surface area contributed by atoms with Gasteiger partial charge in [-0.25, -0.2) is 4.98 Å². The van der Waals surface area contributed by atoms with Crippen molar-refractivity contribution >= 4 is 11.3 Å². The maximum Gasteiger partial charge on any atom is 0.102 e. The molecule has 4 nitrogen and oxygen atoms in total. The Bertz CT molecular complexity index is 1080. The molecule has 5 heteroatoms. The number of nitrogens with zero attached hydrogens (tertiary/aromatic N) is 1. The number of aryl methyl sites for hydroxylation is 1. The van der Waals surface area contributed by atoms with Crippen molar-refractivity contribution in [1.82, 2.24) is 4.98 Å². The van der Waals surface area contributed by atoms with Gasteiger partial charge in [0.25, 0.3) is 0 Å². The van der Waals surface area contributed by atoms with Crippen LogP contribution in [0, 0.1) is 30.1 Å². The Morgan fingerprint density at radius 1 is 1.17 bits per heavy atom. The summed E-state index contributed by atoms with van der Waals surface area (Å²) in [4.78, 5) is 4.69. The predicted molar refractivity (Wildman–Crippen MR) is 147 cm³/mol. The van der Waals surface area contributed by atoms with Crippen molar-refractivity contribution in [2.75, 3.05) is 0 Å². The van der Waals surface area contributed by atoms with Crippen molar-refractivity contribution in [3.8, 4) is 0 Å². The zero-order chi connectivity index (χ0) is 25.7. The van der Waals surface area contributed by atoms with Crippen molar-refractivity contribution < 1.29 is 15.3 Å². The summed E-state index contributed by atoms with van der Waals surface area (Å²) >= 11 is 1.69. The summed E-state index contributed by atoms with van der Waals surface area (Å²) in [5, 5.41) is 34.6. The van der Waals surface area contributed by atoms with Crippen LogP contribution in [-0.4, -0.2) is 38.6 Å². The fourth-order valence-corrected chi connectivity index (χ4v) is 8.65. The third-order valence-electron chi connectivity index (χ3n) is 9.93. The van der Waals surface area contributed by atoms with Crippen molar-refractivity contribution in [1.29, 1.82) is 0 Å². The van der Waals surface area contributed by atoms with E-state index in [9.17, 15) is 15.3 Å². The molecule has 0 spiro atoms. The molecule has 0 radical (unpaired) electrons. The summed E-state index contributed by atoms with van der Waals surface area (Å²) in [6.45, 7) is 10.9. The van der Waals surface area contributed by atoms with Crippen LogP contribution in [0.25, 0.3) is 0 Å². The van der Waals surface area contributed by atoms with E-state index >= 15 is 0 Å². The number of rotatable bonds is 6. The number of allylic oxidation sites excluding steroid dienone is 4. The van der Waals surface area contributed by atoms with Gasteiger partial charge in [0.05, 0.1) is 23.7 Å². The molecule has 0 saturated heterocycles. The fourth-order valence-electron chi connectivity index (χ4n) is 7.56. The molecule has 196 valence electrons. The van der Waals surface area contributed by atoms with Gasteiger partial charge in [0.1, 0.15) is 5.01 Å². The van der Waals surface area contributed by atoms with Gasteiger partial charge in [-0.1, -0.05) is 50.3 Å². The molecule has 0 amide bonds. The molecule has 1 aromatic heterocycles. The van der Waals surface area contributed by atoms with Crippen molar-refractivity contribution in [3.63, 3.8) is 0 Å². The second kappa shape index (κ2) is 9.98. The first-order valence-electron chi connectivity index (χ1n) is 13.9. The number of thiazole rings is 1. The van der Waals surface area contributed by atoms with Crippen molar-refractivity contribution in [3.05, 3.63) is 63.7 Å². The summed E-state index contributed by atoms with van der Waals surface area (Å²) < 4.78 is 0. The Morgan fingerprint density at radius 2 is 1.94 bits per heavy atom. The van der Waals surface area contributed by atoms with Gasteiger partial charge in [0.2, 0.25) is 0 Å². The summed E-state index contributed by atoms with van der Waals surface area (Å²) in [6.07, 6.45) is 16.2. The van der Waals surface area contributed by atoms with Gasteiger partial charge in [-0.15, -0.1) is 11.3 Å². The van der Waals surface area contributed by atoms with E-state index in [1.54, 1.807) is 11.3 Å². The van der Waals surface area contributed by atoms with E-state index in [2.05, 4.69) is 55.1 Å². The van der Waals surface area contributed by atoms with Crippen LogP contribution in [0.3, 0.4) is 0 Å². The SMILES string of the molecule is C=C1/C(=C\C=C2/CCC[C@]3(C)[C@@H]([C@@H](C)/C=C/[C@@H](O)C4(c5nc(C)cs5)CC4)CC[C@@H]23)C[C@@H](O)C[C@@H]1O. The lowest BCUT2D eigenvalue weighted by Crippen LogP contribution is -2.35. The van der Waals surface area contributed by atoms with Gasteiger partial charge >= 0.3 is 0 Å². The number of aliphatic hydroxyl groups is 3. The zero-order valence-corrected chi connectivity index (χ0v) is 22.9. The average Bonchev–Trinajstić information content (AvgIpc) is 3.41. The third-order valence-corrected chi connectivity index (χ3v) is 11.1. The quantitative estimate of drug-likeness (QED) is 0.401. The highest BCUT2D eigenvalue weighted by Crippen LogP contribution is 2.60. The normalized spacial score (nSPS) is 38.0. The van der Waals surface area contributed by atoms with E-state index in [1.807, 2.05) is 6.92 Å². The van der Waals surface area contributed by atoms with Gasteiger partial charge in [0.15, 0.2) is 0 Å². The Labute approximate surface area is 220 Å². The van der Waals surface area contributed by atoms with E-state index in [0.717, 1.165) is 41.1 Å². The molecule has 0 aromatic carbocycles. The summed E-state index contributed by atoms with van der Waals surface area (Å²) in [5.41, 5.74) is 4.43. The molecule has 4 aliphatic rings. The number of hydrogen-bond donors (Lipinski definition) is 3. The van der Waals surface area contributed by atoms with E-state index in [0.29, 0.717) is 30.6 Å². The molecule has 7 atom stereocenters. The van der Waals surface area contributed by atoms with Crippen LogP contribution in [0.15, 0.2) is 53.0 Å². The topological polar surface area (TPSA) is 73.6 Å². The third kappa shape index (κ3) is 4.73. The highest BCUT2D eigenvalue weighted by Gasteiger charge is 2.53. The molecule has 4 saturated carbocycles. The molecule has 4 aliphatic carbocycles. The minimum atomic E-state index is -0.636. The molecule has 0 bridgehead atoms. The average molecular weight is 510 g/mol. The van der Waals surface area contributed by atoms with E-state index in [4.69, 9.17) is 0 Å². The Balaban J connectivity index is 1.29. The van der Waals surface area contributed by atoms with Crippen LogP contribution in [-0.2, 0) is 5.41 Å². The second-order valence-corrected chi connectivity index (χ2v) is 13.2. The van der Waals surface area contributed by atoms with Gasteiger partial charge in [-0.2, -0.15) is 0 Å². The van der Waals surface area contributed by atoms with E-state index in [-0.39, 0.29) is 10.8 Å². The molecule has 4 fully saturated rings. The van der Waals surface area contributed by atoms with E-state index in [1.165, 1.54) is 31.3 Å². The van der Waals surface area contributed by atoms with Crippen LogP contribution >= 0.6 is 11.3 Å². The molecule has 1 heterocycles. The first-order chi connectivity index (χ1) is 17.1. The second-order valence-electron chi connectivity index (χ2n) is 12.3. The van der Waals surface area contributed by atoms with Gasteiger partial charge in [0, 0.05) is 17.5 Å². The minimum absolute atomic E-state index is 0.157. The highest BCUT2D eigenvalue weighted by atomic mass is 32.1. The summed E-state index contributed by atoms with van der Waals surface area (Å²) in [7, 11) is 0. The molecule has 0 aliphatic heterocycles. The fraction of sp³-hybridized carbons (Fsp3) is 0.645. The minimum Gasteiger partial charge on any atom is -0.393 e. The number of aliphatic hydroxyl groups excluding tert-OH is 3. The smallest absolute Gasteiger partial charge is 0.102 e. The van der Waals surface area contributed by atoms with Gasteiger partial charge in [-0.3, -0.25) is 0 Å². The Morgan fingerprint density at radius 3 is 2.64 bits per heavy atom. The van der Waals surface area contributed by atoms with Crippen LogP contribution in [0.5, 0.6) is 0 Å². The lowest BCUT2D eigenvalue weighted by Gasteiger charge is -2.44. The maximum absolute atomic E-state index is 11.1. The van der Waals surface area contributed by atoms with Crippen LogP contribution in [0.2, 0.25) is 0 Å². The van der Waals surface area contributed by atoms with Crippen molar-refractivity contribution in [2.45, 2.75) is 102 Å². The molecule has 3 N–H and O–H groups in total. The molecule has 1 aromatic rings. The highest BCUT2D eigenvalue weighted by molar-refractivity contribution is 7.09. The maximum atomic E-state index is 11.1. The lowest BCUT2D eigenvalue weighted by molar-refractivity contribution is 0.0862. The number of hydrogen-bond acceptors (Lipinski definition) is 5. The van der Waals surface area contributed by atoms with Crippen molar-refractivity contribution in [2.24, 2.45) is 23.2 Å². The molecule has 5 rings (SSSR count). The van der Waals surface area contributed by atoms with E-state index < -0.39 is 18.3 Å². The molecular formula is C31H43NO3S. The monoisotopic (exact) mass is 509 g/mol. The Kier molecular flexibility index (Phi) is 7.23. The summed E-state index contributed by atoms with van der Waals surface area (Å²) in [6, 6.07) is 0. The molecular weight excluding hydrogens is 466 g/mol.